The van der Waals surface area contributed by atoms with Crippen molar-refractivity contribution in [2.24, 2.45) is 0 Å². The molecule has 0 bridgehead atoms. The average Bonchev–Trinajstić information content (AvgIpc) is 2.30. The predicted molar refractivity (Wildman–Crippen MR) is 65.5 cm³/mol. The number of carbonyl (C=O) groups excluding carboxylic acids is 1. The van der Waals surface area contributed by atoms with Crippen LogP contribution in [0.5, 0.6) is 0 Å². The minimum absolute atomic E-state index is 0.0192. The van der Waals surface area contributed by atoms with Crippen molar-refractivity contribution < 1.29 is 4.79 Å². The summed E-state index contributed by atoms with van der Waals surface area (Å²) in [6.45, 7) is 2.97. The molecule has 1 aromatic carbocycles. The number of benzene rings is 1. The molecule has 16 heavy (non-hydrogen) atoms. The monoisotopic (exact) mass is 218 g/mol. The number of carbonyl (C=O) groups is 1. The summed E-state index contributed by atoms with van der Waals surface area (Å²) in [4.78, 5) is 11.9. The minimum atomic E-state index is -0.0192. The van der Waals surface area contributed by atoms with Crippen LogP contribution in [0.15, 0.2) is 24.3 Å². The topological polar surface area (TPSA) is 41.1 Å². The normalized spacial score (nSPS) is 20.4. The fraction of sp³-hybridized carbons (Fsp3) is 0.462. The van der Waals surface area contributed by atoms with Gasteiger partial charge in [0, 0.05) is 5.69 Å². The summed E-state index contributed by atoms with van der Waals surface area (Å²) in [5, 5.41) is 6.19. The summed E-state index contributed by atoms with van der Waals surface area (Å²) >= 11 is 0. The van der Waals surface area contributed by atoms with Crippen LogP contribution in [0.3, 0.4) is 0 Å². The number of nitrogens with one attached hydrogen (secondary N) is 2. The van der Waals surface area contributed by atoms with Gasteiger partial charge in [-0.05, 0) is 44.0 Å². The van der Waals surface area contributed by atoms with E-state index in [0.29, 0.717) is 0 Å². The van der Waals surface area contributed by atoms with E-state index in [1.54, 1.807) is 0 Å². The minimum Gasteiger partial charge on any atom is -0.325 e. The van der Waals surface area contributed by atoms with Gasteiger partial charge in [-0.3, -0.25) is 4.79 Å². The van der Waals surface area contributed by atoms with Gasteiger partial charge in [0.1, 0.15) is 0 Å². The third-order valence-corrected chi connectivity index (χ3v) is 2.91. The van der Waals surface area contributed by atoms with Crippen LogP contribution in [-0.4, -0.2) is 18.5 Å². The Morgan fingerprint density at radius 1 is 1.44 bits per heavy atom. The highest BCUT2D eigenvalue weighted by Gasteiger charge is 2.20. The molecule has 1 aliphatic heterocycles. The Morgan fingerprint density at radius 2 is 2.31 bits per heavy atom. The van der Waals surface area contributed by atoms with Gasteiger partial charge in [-0.25, -0.2) is 0 Å². The molecule has 1 atom stereocenters. The molecule has 2 rings (SSSR count). The zero-order valence-electron chi connectivity index (χ0n) is 9.62. The SMILES string of the molecule is Cc1cccc(NC(=O)C2CCCCN2)c1. The lowest BCUT2D eigenvalue weighted by atomic mass is 10.0. The molecule has 0 saturated carbocycles. The highest BCUT2D eigenvalue weighted by Crippen LogP contribution is 2.12. The van der Waals surface area contributed by atoms with Gasteiger partial charge in [-0.2, -0.15) is 0 Å². The molecule has 1 aliphatic rings. The molecule has 86 valence electrons. The van der Waals surface area contributed by atoms with Crippen molar-refractivity contribution in [1.82, 2.24) is 5.32 Å². The predicted octanol–water partition coefficient (Wildman–Crippen LogP) is 2.08. The quantitative estimate of drug-likeness (QED) is 0.798. The number of amides is 1. The lowest BCUT2D eigenvalue weighted by Crippen LogP contribution is -2.43. The van der Waals surface area contributed by atoms with Crippen LogP contribution >= 0.6 is 0 Å². The molecule has 0 aliphatic carbocycles. The van der Waals surface area contributed by atoms with Crippen molar-refractivity contribution in [3.8, 4) is 0 Å². The van der Waals surface area contributed by atoms with Crippen LogP contribution in [0.4, 0.5) is 5.69 Å². The first kappa shape index (κ1) is 11.1. The van der Waals surface area contributed by atoms with Crippen molar-refractivity contribution in [3.63, 3.8) is 0 Å². The fourth-order valence-electron chi connectivity index (χ4n) is 2.03. The molecule has 1 amide bonds. The number of anilines is 1. The zero-order chi connectivity index (χ0) is 11.4. The van der Waals surface area contributed by atoms with E-state index in [1.807, 2.05) is 31.2 Å². The van der Waals surface area contributed by atoms with E-state index in [4.69, 9.17) is 0 Å². The Labute approximate surface area is 96.2 Å². The van der Waals surface area contributed by atoms with Gasteiger partial charge in [-0.15, -0.1) is 0 Å². The van der Waals surface area contributed by atoms with Crippen LogP contribution < -0.4 is 10.6 Å². The number of piperidine rings is 1. The van der Waals surface area contributed by atoms with Crippen LogP contribution in [0, 0.1) is 6.92 Å². The van der Waals surface area contributed by atoms with Gasteiger partial charge in [0.05, 0.1) is 6.04 Å². The summed E-state index contributed by atoms with van der Waals surface area (Å²) < 4.78 is 0. The first-order chi connectivity index (χ1) is 7.75. The lowest BCUT2D eigenvalue weighted by Gasteiger charge is -2.22. The van der Waals surface area contributed by atoms with Crippen molar-refractivity contribution in [1.29, 1.82) is 0 Å². The molecule has 1 unspecified atom stereocenters. The molecular formula is C13H18N2O. The summed E-state index contributed by atoms with van der Waals surface area (Å²) in [5.74, 6) is 0.0882. The second-order valence-electron chi connectivity index (χ2n) is 4.36. The highest BCUT2D eigenvalue weighted by atomic mass is 16.2. The maximum atomic E-state index is 11.9. The molecule has 0 radical (unpaired) electrons. The zero-order valence-corrected chi connectivity index (χ0v) is 9.62. The lowest BCUT2D eigenvalue weighted by molar-refractivity contribution is -0.118. The molecule has 3 heteroatoms. The van der Waals surface area contributed by atoms with E-state index in [2.05, 4.69) is 10.6 Å². The Kier molecular flexibility index (Phi) is 3.57. The summed E-state index contributed by atoms with van der Waals surface area (Å²) in [5.41, 5.74) is 2.05. The summed E-state index contributed by atoms with van der Waals surface area (Å²) in [7, 11) is 0. The molecule has 1 heterocycles. The number of rotatable bonds is 2. The van der Waals surface area contributed by atoms with Crippen molar-refractivity contribution >= 4 is 11.6 Å². The first-order valence-corrected chi connectivity index (χ1v) is 5.86. The maximum absolute atomic E-state index is 11.9. The second kappa shape index (κ2) is 5.12. The standard InChI is InChI=1S/C13H18N2O/c1-10-5-4-6-11(9-10)15-13(16)12-7-2-3-8-14-12/h4-6,9,12,14H,2-3,7-8H2,1H3,(H,15,16). The summed E-state index contributed by atoms with van der Waals surface area (Å²) in [6, 6.07) is 7.87. The van der Waals surface area contributed by atoms with Crippen LogP contribution in [0.1, 0.15) is 24.8 Å². The third kappa shape index (κ3) is 2.83. The van der Waals surface area contributed by atoms with Gasteiger partial charge in [0.25, 0.3) is 0 Å². The molecule has 1 saturated heterocycles. The molecule has 3 nitrogen and oxygen atoms in total. The smallest absolute Gasteiger partial charge is 0.241 e. The molecule has 1 aromatic rings. The molecule has 0 aromatic heterocycles. The van der Waals surface area contributed by atoms with Gasteiger partial charge in [0.15, 0.2) is 0 Å². The molecule has 1 fully saturated rings. The summed E-state index contributed by atoms with van der Waals surface area (Å²) in [6.07, 6.45) is 3.25. The van der Waals surface area contributed by atoms with Gasteiger partial charge >= 0.3 is 0 Å². The molecule has 2 N–H and O–H groups in total. The number of hydrogen-bond acceptors (Lipinski definition) is 2. The Hall–Kier alpha value is -1.35. The maximum Gasteiger partial charge on any atom is 0.241 e. The largest absolute Gasteiger partial charge is 0.325 e. The van der Waals surface area contributed by atoms with E-state index in [-0.39, 0.29) is 11.9 Å². The Balaban J connectivity index is 1.96. The van der Waals surface area contributed by atoms with Crippen LogP contribution in [0.25, 0.3) is 0 Å². The van der Waals surface area contributed by atoms with Crippen molar-refractivity contribution in [2.75, 3.05) is 11.9 Å². The van der Waals surface area contributed by atoms with Gasteiger partial charge < -0.3 is 10.6 Å². The Bertz CT molecular complexity index is 370. The van der Waals surface area contributed by atoms with Gasteiger partial charge in [-0.1, -0.05) is 18.6 Å². The van der Waals surface area contributed by atoms with E-state index < -0.39 is 0 Å². The van der Waals surface area contributed by atoms with Crippen LogP contribution in [-0.2, 0) is 4.79 Å². The van der Waals surface area contributed by atoms with Crippen molar-refractivity contribution in [3.05, 3.63) is 29.8 Å². The third-order valence-electron chi connectivity index (χ3n) is 2.91. The van der Waals surface area contributed by atoms with Crippen molar-refractivity contribution in [2.45, 2.75) is 32.2 Å². The molecular weight excluding hydrogens is 200 g/mol. The van der Waals surface area contributed by atoms with E-state index >= 15 is 0 Å². The van der Waals surface area contributed by atoms with Crippen LogP contribution in [0.2, 0.25) is 0 Å². The molecule has 0 spiro atoms. The van der Waals surface area contributed by atoms with Gasteiger partial charge in [0.2, 0.25) is 5.91 Å². The van der Waals surface area contributed by atoms with E-state index in [1.165, 1.54) is 6.42 Å². The number of aryl methyl sites for hydroxylation is 1. The fourth-order valence-corrected chi connectivity index (χ4v) is 2.03. The van der Waals surface area contributed by atoms with E-state index in [9.17, 15) is 4.79 Å². The second-order valence-corrected chi connectivity index (χ2v) is 4.36. The van der Waals surface area contributed by atoms with E-state index in [0.717, 1.165) is 30.6 Å². The Morgan fingerprint density at radius 3 is 3.00 bits per heavy atom. The number of hydrogen-bond donors (Lipinski definition) is 2. The average molecular weight is 218 g/mol. The first-order valence-electron chi connectivity index (χ1n) is 5.86. The highest BCUT2D eigenvalue weighted by molar-refractivity contribution is 5.94.